The van der Waals surface area contributed by atoms with Crippen LogP contribution in [0.25, 0.3) is 11.3 Å². The molecular formula is C13H10O4. The van der Waals surface area contributed by atoms with E-state index in [1.165, 1.54) is 19.3 Å². The molecule has 4 heteroatoms. The summed E-state index contributed by atoms with van der Waals surface area (Å²) in [5.41, 5.74) is 1.01. The topological polar surface area (TPSA) is 67.5 Å². The Hall–Kier alpha value is -2.36. The molecule has 1 N–H and O–H groups in total. The maximum absolute atomic E-state index is 11.5. The van der Waals surface area contributed by atoms with Crippen molar-refractivity contribution in [1.29, 1.82) is 0 Å². The van der Waals surface area contributed by atoms with E-state index >= 15 is 0 Å². The van der Waals surface area contributed by atoms with E-state index in [-0.39, 0.29) is 17.1 Å². The van der Waals surface area contributed by atoms with Crippen molar-refractivity contribution in [2.24, 2.45) is 0 Å². The Balaban J connectivity index is 2.64. The first-order valence-electron chi connectivity index (χ1n) is 5.02. The lowest BCUT2D eigenvalue weighted by molar-refractivity contribution is 0.0697. The van der Waals surface area contributed by atoms with Crippen LogP contribution in [0.15, 0.2) is 41.0 Å². The van der Waals surface area contributed by atoms with Crippen LogP contribution in [0.3, 0.4) is 0 Å². The molecule has 0 aliphatic heterocycles. The molecule has 0 unspecified atom stereocenters. The van der Waals surface area contributed by atoms with Crippen LogP contribution in [0.1, 0.15) is 27.6 Å². The number of hydrogen-bond donors (Lipinski definition) is 1. The number of Topliss-reactive ketones (excluding diaryl/α,β-unsaturated/α-hetero) is 1. The highest BCUT2D eigenvalue weighted by Gasteiger charge is 2.18. The average Bonchev–Trinajstić information content (AvgIpc) is 2.77. The fraction of sp³-hybridized carbons (Fsp3) is 0.0769. The van der Waals surface area contributed by atoms with Gasteiger partial charge in [-0.15, -0.1) is 0 Å². The van der Waals surface area contributed by atoms with Gasteiger partial charge in [-0.2, -0.15) is 0 Å². The van der Waals surface area contributed by atoms with Crippen molar-refractivity contribution in [2.75, 3.05) is 0 Å². The third-order valence-electron chi connectivity index (χ3n) is 2.45. The molecular weight excluding hydrogens is 220 g/mol. The third-order valence-corrected chi connectivity index (χ3v) is 2.45. The van der Waals surface area contributed by atoms with Gasteiger partial charge in [-0.25, -0.2) is 4.79 Å². The lowest BCUT2D eigenvalue weighted by Crippen LogP contribution is -2.00. The van der Waals surface area contributed by atoms with Crippen LogP contribution in [0.4, 0.5) is 0 Å². The molecule has 4 nitrogen and oxygen atoms in total. The molecule has 1 aromatic carbocycles. The van der Waals surface area contributed by atoms with Crippen LogP contribution < -0.4 is 0 Å². The first-order valence-corrected chi connectivity index (χ1v) is 5.02. The highest BCUT2D eigenvalue weighted by molar-refractivity contribution is 6.03. The Labute approximate surface area is 97.5 Å². The lowest BCUT2D eigenvalue weighted by atomic mass is 10.0. The zero-order valence-corrected chi connectivity index (χ0v) is 9.14. The summed E-state index contributed by atoms with van der Waals surface area (Å²) in [4.78, 5) is 22.4. The molecule has 0 atom stereocenters. The molecule has 0 saturated heterocycles. The van der Waals surface area contributed by atoms with Crippen LogP contribution in [0, 0.1) is 0 Å². The number of ketones is 1. The van der Waals surface area contributed by atoms with Gasteiger partial charge >= 0.3 is 5.97 Å². The minimum atomic E-state index is -1.08. The van der Waals surface area contributed by atoms with E-state index in [2.05, 4.69) is 0 Å². The number of benzene rings is 1. The number of furan rings is 1. The molecule has 0 spiro atoms. The van der Waals surface area contributed by atoms with E-state index in [1.54, 1.807) is 24.3 Å². The monoisotopic (exact) mass is 230 g/mol. The molecule has 2 rings (SSSR count). The Morgan fingerprint density at radius 3 is 2.47 bits per heavy atom. The molecule has 0 saturated carbocycles. The van der Waals surface area contributed by atoms with E-state index in [0.29, 0.717) is 11.1 Å². The maximum atomic E-state index is 11.5. The first-order chi connectivity index (χ1) is 8.11. The van der Waals surface area contributed by atoms with Crippen LogP contribution in [-0.2, 0) is 0 Å². The first kappa shape index (κ1) is 11.1. The molecule has 2 aromatic rings. The van der Waals surface area contributed by atoms with Crippen molar-refractivity contribution in [3.63, 3.8) is 0 Å². The van der Waals surface area contributed by atoms with Crippen LogP contribution >= 0.6 is 0 Å². The predicted molar refractivity (Wildman–Crippen MR) is 61.1 cm³/mol. The normalized spacial score (nSPS) is 10.2. The number of carboxylic acids is 1. The second-order valence-electron chi connectivity index (χ2n) is 3.57. The molecule has 17 heavy (non-hydrogen) atoms. The second kappa shape index (κ2) is 4.25. The quantitative estimate of drug-likeness (QED) is 0.823. The smallest absolute Gasteiger partial charge is 0.339 e. The van der Waals surface area contributed by atoms with E-state index in [1.807, 2.05) is 0 Å². The van der Waals surface area contributed by atoms with Gasteiger partial charge < -0.3 is 9.52 Å². The van der Waals surface area contributed by atoms with E-state index < -0.39 is 5.97 Å². The predicted octanol–water partition coefficient (Wildman–Crippen LogP) is 2.85. The van der Waals surface area contributed by atoms with Gasteiger partial charge in [0.2, 0.25) is 0 Å². The molecule has 0 amide bonds. The van der Waals surface area contributed by atoms with Gasteiger partial charge in [-0.1, -0.05) is 24.3 Å². The SMILES string of the molecule is CC(=O)c1ccccc1-c1occc1C(=O)O. The Bertz CT molecular complexity index is 581. The van der Waals surface area contributed by atoms with Gasteiger partial charge in [0.05, 0.1) is 6.26 Å². The summed E-state index contributed by atoms with van der Waals surface area (Å²) in [6.45, 7) is 1.43. The molecule has 0 radical (unpaired) electrons. The fourth-order valence-corrected chi connectivity index (χ4v) is 1.67. The zero-order valence-electron chi connectivity index (χ0n) is 9.14. The molecule has 0 fully saturated rings. The summed E-state index contributed by atoms with van der Waals surface area (Å²) in [6.07, 6.45) is 1.30. The van der Waals surface area contributed by atoms with Gasteiger partial charge in [-0.05, 0) is 13.0 Å². The molecule has 1 heterocycles. The van der Waals surface area contributed by atoms with Gasteiger partial charge in [0.15, 0.2) is 5.78 Å². The molecule has 0 bridgehead atoms. The lowest BCUT2D eigenvalue weighted by Gasteiger charge is -2.04. The number of carboxylic acid groups (broad SMARTS) is 1. The van der Waals surface area contributed by atoms with Crippen molar-refractivity contribution < 1.29 is 19.1 Å². The van der Waals surface area contributed by atoms with E-state index in [4.69, 9.17) is 9.52 Å². The highest BCUT2D eigenvalue weighted by Crippen LogP contribution is 2.28. The third kappa shape index (κ3) is 1.97. The summed E-state index contributed by atoms with van der Waals surface area (Å²) in [7, 11) is 0. The summed E-state index contributed by atoms with van der Waals surface area (Å²) >= 11 is 0. The zero-order chi connectivity index (χ0) is 12.4. The van der Waals surface area contributed by atoms with Crippen molar-refractivity contribution in [1.82, 2.24) is 0 Å². The van der Waals surface area contributed by atoms with Crippen molar-refractivity contribution in [2.45, 2.75) is 6.92 Å². The van der Waals surface area contributed by atoms with Crippen molar-refractivity contribution in [3.8, 4) is 11.3 Å². The van der Waals surface area contributed by atoms with Crippen LogP contribution in [-0.4, -0.2) is 16.9 Å². The van der Waals surface area contributed by atoms with Gasteiger partial charge in [-0.3, -0.25) is 4.79 Å². The van der Waals surface area contributed by atoms with E-state index in [9.17, 15) is 9.59 Å². The number of carbonyl (C=O) groups excluding carboxylic acids is 1. The Morgan fingerprint density at radius 1 is 1.12 bits per heavy atom. The van der Waals surface area contributed by atoms with Gasteiger partial charge in [0.1, 0.15) is 11.3 Å². The molecule has 1 aromatic heterocycles. The summed E-state index contributed by atoms with van der Waals surface area (Å²) in [5.74, 6) is -0.997. The highest BCUT2D eigenvalue weighted by atomic mass is 16.4. The Morgan fingerprint density at radius 2 is 1.82 bits per heavy atom. The molecule has 0 aliphatic rings. The minimum Gasteiger partial charge on any atom is -0.478 e. The van der Waals surface area contributed by atoms with Crippen molar-refractivity contribution in [3.05, 3.63) is 47.7 Å². The van der Waals surface area contributed by atoms with E-state index in [0.717, 1.165) is 0 Å². The maximum Gasteiger partial charge on any atom is 0.339 e. The minimum absolute atomic E-state index is 0.0544. The summed E-state index contributed by atoms with van der Waals surface area (Å²) in [5, 5.41) is 9.00. The average molecular weight is 230 g/mol. The second-order valence-corrected chi connectivity index (χ2v) is 3.57. The summed E-state index contributed by atoms with van der Waals surface area (Å²) < 4.78 is 5.17. The largest absolute Gasteiger partial charge is 0.478 e. The number of aromatic carboxylic acids is 1. The number of rotatable bonds is 3. The van der Waals surface area contributed by atoms with Crippen molar-refractivity contribution >= 4 is 11.8 Å². The van der Waals surface area contributed by atoms with Crippen LogP contribution in [0.5, 0.6) is 0 Å². The van der Waals surface area contributed by atoms with Gasteiger partial charge in [0.25, 0.3) is 0 Å². The number of hydrogen-bond acceptors (Lipinski definition) is 3. The summed E-state index contributed by atoms with van der Waals surface area (Å²) in [6, 6.07) is 8.14. The van der Waals surface area contributed by atoms with Crippen LogP contribution in [0.2, 0.25) is 0 Å². The Kier molecular flexibility index (Phi) is 2.78. The molecule has 0 aliphatic carbocycles. The fourth-order valence-electron chi connectivity index (χ4n) is 1.67. The number of carbonyl (C=O) groups is 2. The molecule has 86 valence electrons. The standard InChI is InChI=1S/C13H10O4/c1-8(14)9-4-2-3-5-10(9)12-11(13(15)16)6-7-17-12/h2-7H,1H3,(H,15,16). The van der Waals surface area contributed by atoms with Gasteiger partial charge in [0, 0.05) is 11.1 Å².